The van der Waals surface area contributed by atoms with Gasteiger partial charge in [0.25, 0.3) is 0 Å². The van der Waals surface area contributed by atoms with Gasteiger partial charge in [-0.25, -0.2) is 0 Å². The van der Waals surface area contributed by atoms with Gasteiger partial charge in [-0.2, -0.15) is 0 Å². The lowest BCUT2D eigenvalue weighted by atomic mass is 9.44. The lowest BCUT2D eigenvalue weighted by Crippen LogP contribution is -2.53. The molecule has 28 heavy (non-hydrogen) atoms. The van der Waals surface area contributed by atoms with E-state index in [1.807, 2.05) is 6.92 Å². The highest BCUT2D eigenvalue weighted by Gasteiger charge is 2.60. The number of fused-ring (bicyclic) bond motifs is 5. The molecule has 2 nitrogen and oxygen atoms in total. The SMILES string of the molecule is CCOC(=O)CC[C@H](C)[C@H]1CC[C@H]2[C@@H]3CC[C@@H]4CCCC[C@]4(C)[C@H]3CC[C@]12C. The summed E-state index contributed by atoms with van der Waals surface area (Å²) < 4.78 is 5.18. The zero-order chi connectivity index (χ0) is 19.9. The second kappa shape index (κ2) is 7.95. The molecule has 0 bridgehead atoms. The molecular formula is C26H44O2. The average molecular weight is 389 g/mol. The van der Waals surface area contributed by atoms with Gasteiger partial charge in [-0.3, -0.25) is 4.79 Å². The second-order valence-corrected chi connectivity index (χ2v) is 11.5. The van der Waals surface area contributed by atoms with Gasteiger partial charge in [-0.05, 0) is 111 Å². The van der Waals surface area contributed by atoms with E-state index in [4.69, 9.17) is 4.74 Å². The molecule has 4 saturated carbocycles. The van der Waals surface area contributed by atoms with Gasteiger partial charge in [0.1, 0.15) is 0 Å². The van der Waals surface area contributed by atoms with Crippen molar-refractivity contribution in [2.24, 2.45) is 46.3 Å². The maximum atomic E-state index is 11.9. The number of hydrogen-bond donors (Lipinski definition) is 0. The van der Waals surface area contributed by atoms with E-state index in [0.29, 0.717) is 29.8 Å². The molecule has 2 heteroatoms. The largest absolute Gasteiger partial charge is 0.466 e. The lowest BCUT2D eigenvalue weighted by Gasteiger charge is -2.61. The fourth-order valence-electron chi connectivity index (χ4n) is 9.05. The molecule has 160 valence electrons. The highest BCUT2D eigenvalue weighted by Crippen LogP contribution is 2.68. The minimum absolute atomic E-state index is 0.00121. The molecule has 0 saturated heterocycles. The zero-order valence-corrected chi connectivity index (χ0v) is 19.0. The van der Waals surface area contributed by atoms with Crippen LogP contribution < -0.4 is 0 Å². The van der Waals surface area contributed by atoms with Crippen LogP contribution in [0.2, 0.25) is 0 Å². The monoisotopic (exact) mass is 388 g/mol. The molecule has 0 unspecified atom stereocenters. The Morgan fingerprint density at radius 1 is 0.964 bits per heavy atom. The first-order valence-corrected chi connectivity index (χ1v) is 12.6. The van der Waals surface area contributed by atoms with Crippen LogP contribution in [-0.4, -0.2) is 12.6 Å². The van der Waals surface area contributed by atoms with Crippen LogP contribution in [0.15, 0.2) is 0 Å². The topological polar surface area (TPSA) is 26.3 Å². The Kier molecular flexibility index (Phi) is 5.89. The van der Waals surface area contributed by atoms with Crippen LogP contribution in [0.25, 0.3) is 0 Å². The second-order valence-electron chi connectivity index (χ2n) is 11.5. The summed E-state index contributed by atoms with van der Waals surface area (Å²) in [5.74, 6) is 5.41. The Hall–Kier alpha value is -0.530. The first-order valence-electron chi connectivity index (χ1n) is 12.6. The first-order chi connectivity index (χ1) is 13.4. The van der Waals surface area contributed by atoms with Gasteiger partial charge in [0.2, 0.25) is 0 Å². The molecule has 8 atom stereocenters. The predicted octanol–water partition coefficient (Wildman–Crippen LogP) is 7.01. The number of esters is 1. The molecule has 4 fully saturated rings. The van der Waals surface area contributed by atoms with Crippen molar-refractivity contribution in [2.45, 2.75) is 105 Å². The summed E-state index contributed by atoms with van der Waals surface area (Å²) in [5.41, 5.74) is 1.17. The first kappa shape index (κ1) is 20.7. The van der Waals surface area contributed by atoms with Crippen molar-refractivity contribution < 1.29 is 9.53 Å². The lowest BCUT2D eigenvalue weighted by molar-refractivity contribution is -0.143. The molecule has 0 radical (unpaired) electrons. The Labute approximate surface area is 173 Å². The van der Waals surface area contributed by atoms with E-state index in [1.165, 1.54) is 64.2 Å². The van der Waals surface area contributed by atoms with Crippen molar-refractivity contribution in [3.63, 3.8) is 0 Å². The molecule has 4 aliphatic carbocycles. The standard InChI is InChI=1S/C26H44O2/c1-5-28-24(27)14-9-18(2)21-12-13-22-20-11-10-19-8-6-7-16-25(19,3)23(20)15-17-26(21,22)4/h18-23H,5-17H2,1-4H3/t18-,19-,20-,21+,22-,23-,25-,26+/m0/s1. The van der Waals surface area contributed by atoms with Gasteiger partial charge >= 0.3 is 5.97 Å². The van der Waals surface area contributed by atoms with Crippen LogP contribution in [-0.2, 0) is 9.53 Å². The number of ether oxygens (including phenoxy) is 1. The fraction of sp³-hybridized carbons (Fsp3) is 0.962. The van der Waals surface area contributed by atoms with E-state index >= 15 is 0 Å². The van der Waals surface area contributed by atoms with Crippen molar-refractivity contribution in [1.29, 1.82) is 0 Å². The van der Waals surface area contributed by atoms with Gasteiger partial charge < -0.3 is 4.74 Å². The molecule has 0 aromatic carbocycles. The fourth-order valence-corrected chi connectivity index (χ4v) is 9.05. The van der Waals surface area contributed by atoms with Gasteiger partial charge in [0.15, 0.2) is 0 Å². The molecule has 0 aromatic rings. The number of carbonyl (C=O) groups excluding carboxylic acids is 1. The van der Waals surface area contributed by atoms with E-state index in [2.05, 4.69) is 20.8 Å². The van der Waals surface area contributed by atoms with E-state index in [-0.39, 0.29) is 5.97 Å². The summed E-state index contributed by atoms with van der Waals surface area (Å²) in [6, 6.07) is 0. The molecule has 4 aliphatic rings. The Bertz CT molecular complexity index is 571. The van der Waals surface area contributed by atoms with E-state index in [1.54, 1.807) is 0 Å². The van der Waals surface area contributed by atoms with Crippen molar-refractivity contribution in [1.82, 2.24) is 0 Å². The van der Waals surface area contributed by atoms with Gasteiger partial charge in [0.05, 0.1) is 6.61 Å². The average Bonchev–Trinajstić information content (AvgIpc) is 3.03. The molecule has 0 aliphatic heterocycles. The van der Waals surface area contributed by atoms with Crippen LogP contribution in [0, 0.1) is 46.3 Å². The molecule has 0 amide bonds. The Morgan fingerprint density at radius 2 is 1.75 bits per heavy atom. The van der Waals surface area contributed by atoms with Gasteiger partial charge in [-0.15, -0.1) is 0 Å². The third-order valence-corrected chi connectivity index (χ3v) is 10.5. The van der Waals surface area contributed by atoms with E-state index in [9.17, 15) is 4.79 Å². The summed E-state index contributed by atoms with van der Waals surface area (Å²) in [4.78, 5) is 11.9. The van der Waals surface area contributed by atoms with Crippen molar-refractivity contribution in [3.8, 4) is 0 Å². The highest BCUT2D eigenvalue weighted by molar-refractivity contribution is 5.69. The summed E-state index contributed by atoms with van der Waals surface area (Å²) in [6.07, 6.45) is 16.4. The van der Waals surface area contributed by atoms with Crippen LogP contribution >= 0.6 is 0 Å². The Balaban J connectivity index is 1.45. The maximum absolute atomic E-state index is 11.9. The van der Waals surface area contributed by atoms with Crippen LogP contribution in [0.3, 0.4) is 0 Å². The molecule has 0 aromatic heterocycles. The molecule has 0 N–H and O–H groups in total. The van der Waals surface area contributed by atoms with Crippen LogP contribution in [0.4, 0.5) is 0 Å². The van der Waals surface area contributed by atoms with E-state index in [0.717, 1.165) is 36.0 Å². The summed E-state index contributed by atoms with van der Waals surface area (Å²) in [7, 11) is 0. The maximum Gasteiger partial charge on any atom is 0.305 e. The minimum atomic E-state index is 0.00121. The molecule has 0 spiro atoms. The minimum Gasteiger partial charge on any atom is -0.466 e. The van der Waals surface area contributed by atoms with Crippen LogP contribution in [0.1, 0.15) is 105 Å². The van der Waals surface area contributed by atoms with Crippen molar-refractivity contribution in [3.05, 3.63) is 0 Å². The third kappa shape index (κ3) is 3.35. The summed E-state index contributed by atoms with van der Waals surface area (Å²) in [6.45, 7) is 10.2. The zero-order valence-electron chi connectivity index (χ0n) is 19.0. The number of hydrogen-bond acceptors (Lipinski definition) is 2. The molecular weight excluding hydrogens is 344 g/mol. The number of carbonyl (C=O) groups is 1. The third-order valence-electron chi connectivity index (χ3n) is 10.5. The van der Waals surface area contributed by atoms with Crippen LogP contribution in [0.5, 0.6) is 0 Å². The molecule has 0 heterocycles. The quantitative estimate of drug-likeness (QED) is 0.473. The summed E-state index contributed by atoms with van der Waals surface area (Å²) >= 11 is 0. The summed E-state index contributed by atoms with van der Waals surface area (Å²) in [5, 5.41) is 0. The van der Waals surface area contributed by atoms with Crippen molar-refractivity contribution in [2.75, 3.05) is 6.61 Å². The van der Waals surface area contributed by atoms with Gasteiger partial charge in [-0.1, -0.05) is 33.6 Å². The highest BCUT2D eigenvalue weighted by atomic mass is 16.5. The predicted molar refractivity (Wildman–Crippen MR) is 115 cm³/mol. The normalized spacial score (nSPS) is 46.2. The van der Waals surface area contributed by atoms with E-state index < -0.39 is 0 Å². The van der Waals surface area contributed by atoms with Gasteiger partial charge in [0, 0.05) is 6.42 Å². The Morgan fingerprint density at radius 3 is 2.54 bits per heavy atom. The van der Waals surface area contributed by atoms with Crippen molar-refractivity contribution >= 4 is 5.97 Å². The molecule has 4 rings (SSSR count). The smallest absolute Gasteiger partial charge is 0.305 e. The number of rotatable bonds is 5.